The lowest BCUT2D eigenvalue weighted by atomic mass is 9.95. The van der Waals surface area contributed by atoms with Gasteiger partial charge in [-0.1, -0.05) is 96.2 Å². The molecule has 10 heteroatoms. The molecule has 1 amide bonds. The number of unbranched alkanes of at least 4 members (excludes halogenated alkanes) is 12. The molecule has 1 rings (SSSR count). The molecular formula is C24H50BN2O5PS. The van der Waals surface area contributed by atoms with Crippen LogP contribution < -0.4 is 10.4 Å². The summed E-state index contributed by atoms with van der Waals surface area (Å²) in [5, 5.41) is 15.1. The van der Waals surface area contributed by atoms with Gasteiger partial charge in [-0.3, -0.25) is 9.36 Å². The summed E-state index contributed by atoms with van der Waals surface area (Å²) in [6.45, 7) is -0.434. The van der Waals surface area contributed by atoms with Crippen LogP contribution in [0.1, 0.15) is 110 Å². The number of carbonyl (C=O) groups is 1. The molecule has 0 aromatic carbocycles. The van der Waals surface area contributed by atoms with Crippen molar-refractivity contribution in [1.29, 1.82) is 0 Å². The zero-order valence-electron chi connectivity index (χ0n) is 21.6. The van der Waals surface area contributed by atoms with E-state index in [1.165, 1.54) is 70.6 Å². The first-order valence-electron chi connectivity index (χ1n) is 13.7. The van der Waals surface area contributed by atoms with Gasteiger partial charge in [-0.15, -0.1) is 0 Å². The Balaban J connectivity index is 1.91. The normalized spacial score (nSPS) is 22.0. The third-order valence-corrected chi connectivity index (χ3v) is 8.25. The van der Waals surface area contributed by atoms with Gasteiger partial charge in [-0.2, -0.15) is 0 Å². The van der Waals surface area contributed by atoms with Crippen LogP contribution in [0.15, 0.2) is 0 Å². The second kappa shape index (κ2) is 20.1. The lowest BCUT2D eigenvalue weighted by Gasteiger charge is -2.22. The average molecular weight is 521 g/mol. The Morgan fingerprint density at radius 3 is 2.15 bits per heavy atom. The number of amides is 1. The van der Waals surface area contributed by atoms with E-state index < -0.39 is 12.8 Å². The number of rotatable bonds is 22. The van der Waals surface area contributed by atoms with Crippen molar-refractivity contribution in [1.82, 2.24) is 10.4 Å². The van der Waals surface area contributed by atoms with Crippen LogP contribution in [0.4, 0.5) is 0 Å². The van der Waals surface area contributed by atoms with E-state index in [9.17, 15) is 14.5 Å². The predicted octanol–water partition coefficient (Wildman–Crippen LogP) is 4.73. The van der Waals surface area contributed by atoms with Gasteiger partial charge in [0.15, 0.2) is 0 Å². The molecule has 2 unspecified atom stereocenters. The van der Waals surface area contributed by atoms with Gasteiger partial charge in [0.25, 0.3) is 0 Å². The molecule has 0 aromatic rings. The third kappa shape index (κ3) is 16.6. The summed E-state index contributed by atoms with van der Waals surface area (Å²) in [6.07, 6.45) is 18.2. The van der Waals surface area contributed by atoms with E-state index in [1.54, 1.807) is 0 Å². The average Bonchev–Trinajstić information content (AvgIpc) is 3.14. The Labute approximate surface area is 214 Å². The van der Waals surface area contributed by atoms with Crippen molar-refractivity contribution in [2.45, 2.75) is 128 Å². The van der Waals surface area contributed by atoms with E-state index in [2.05, 4.69) is 29.6 Å². The highest BCUT2D eigenvalue weighted by Crippen LogP contribution is 2.49. The number of hydrogen-bond acceptors (Lipinski definition) is 5. The van der Waals surface area contributed by atoms with Crippen LogP contribution in [0.5, 0.6) is 0 Å². The van der Waals surface area contributed by atoms with Gasteiger partial charge < -0.3 is 19.7 Å². The number of thiol groups is 1. The molecule has 1 heterocycles. The van der Waals surface area contributed by atoms with Crippen LogP contribution in [-0.4, -0.2) is 56.8 Å². The van der Waals surface area contributed by atoms with Gasteiger partial charge >= 0.3 is 6.72 Å². The van der Waals surface area contributed by atoms with Crippen LogP contribution in [-0.2, 0) is 18.6 Å². The smallest absolute Gasteiger partial charge is 0.323 e. The summed E-state index contributed by atoms with van der Waals surface area (Å²) in [4.78, 5) is 12.0. The highest BCUT2D eigenvalue weighted by Gasteiger charge is 2.36. The molecule has 0 aliphatic carbocycles. The topological polar surface area (TPSA) is 96.9 Å². The molecule has 1 aliphatic rings. The van der Waals surface area contributed by atoms with Gasteiger partial charge in [0.2, 0.25) is 5.91 Å². The fourth-order valence-corrected chi connectivity index (χ4v) is 6.22. The van der Waals surface area contributed by atoms with E-state index in [4.69, 9.17) is 9.26 Å². The first-order valence-corrected chi connectivity index (χ1v) is 16.4. The second-order valence-corrected chi connectivity index (χ2v) is 12.8. The zero-order valence-corrected chi connectivity index (χ0v) is 23.4. The maximum Gasteiger partial charge on any atom is 0.323 e. The Morgan fingerprint density at radius 2 is 1.59 bits per heavy atom. The molecule has 34 heavy (non-hydrogen) atoms. The minimum atomic E-state index is -3.29. The maximum atomic E-state index is 12.5. The van der Waals surface area contributed by atoms with E-state index in [-0.39, 0.29) is 31.2 Å². The van der Waals surface area contributed by atoms with Crippen LogP contribution in [0.2, 0.25) is 0 Å². The Kier molecular flexibility index (Phi) is 18.9. The van der Waals surface area contributed by atoms with Gasteiger partial charge in [0.1, 0.15) is 7.85 Å². The molecule has 0 radical (unpaired) electrons. The van der Waals surface area contributed by atoms with Crippen molar-refractivity contribution in [2.24, 2.45) is 0 Å². The molecule has 200 valence electrons. The number of ether oxygens (including phenoxy) is 1. The number of hydrogen-bond donors (Lipinski definition) is 4. The van der Waals surface area contributed by atoms with Crippen molar-refractivity contribution in [3.05, 3.63) is 0 Å². The van der Waals surface area contributed by atoms with Crippen molar-refractivity contribution < 1.29 is 23.7 Å². The van der Waals surface area contributed by atoms with Crippen molar-refractivity contribution in [3.8, 4) is 0 Å². The third-order valence-electron chi connectivity index (χ3n) is 6.37. The number of aliphatic hydroxyl groups excluding tert-OH is 1. The van der Waals surface area contributed by atoms with Gasteiger partial charge in [0.05, 0.1) is 19.3 Å². The Bertz CT molecular complexity index is 575. The summed E-state index contributed by atoms with van der Waals surface area (Å²) in [5.41, 5.74) is 0. The summed E-state index contributed by atoms with van der Waals surface area (Å²) in [6, 6.07) is -0.253. The fraction of sp³-hybridized carbons (Fsp3) is 0.958. The largest absolute Gasteiger partial charge is 0.394 e. The molecule has 1 aliphatic heterocycles. The van der Waals surface area contributed by atoms with E-state index >= 15 is 0 Å². The molecule has 0 bridgehead atoms. The lowest BCUT2D eigenvalue weighted by Crippen LogP contribution is -2.36. The summed E-state index contributed by atoms with van der Waals surface area (Å²) in [5.74, 6) is 0.0677. The molecule has 0 spiro atoms. The molecule has 7 nitrogen and oxygen atoms in total. The maximum absolute atomic E-state index is 12.5. The summed E-state index contributed by atoms with van der Waals surface area (Å²) in [7, 11) is 1.91. The molecule has 3 N–H and O–H groups in total. The Morgan fingerprint density at radius 1 is 1.03 bits per heavy atom. The van der Waals surface area contributed by atoms with E-state index in [0.29, 0.717) is 25.8 Å². The number of carbonyl (C=O) groups excluding carboxylic acids is 1. The van der Waals surface area contributed by atoms with Crippen LogP contribution >= 0.6 is 19.0 Å². The molecular weight excluding hydrogens is 470 g/mol. The minimum absolute atomic E-state index is 0.00639. The highest BCUT2D eigenvalue weighted by molar-refractivity contribution is 8.45. The zero-order chi connectivity index (χ0) is 25.1. The molecule has 0 saturated carbocycles. The first-order chi connectivity index (χ1) is 16.4. The predicted molar refractivity (Wildman–Crippen MR) is 146 cm³/mol. The number of nitrogens with one attached hydrogen (secondary N) is 2. The van der Waals surface area contributed by atoms with E-state index in [1.807, 2.05) is 7.85 Å². The van der Waals surface area contributed by atoms with Crippen LogP contribution in [0, 0.1) is 0 Å². The standard InChI is InChI=1S/C24H50BN2O5PS/c1-2-3-4-5-6-7-8-9-10-11-12-13-14-16-24(29)26-17-15-18-31-33(30,34)27-21-19-23(25)32-22(21)20-28/h21-23,28H,2-20,25H2,1H3,(H,26,29)(H2,27,30,34)/t21?,22-,23-,33?/m1/s1. The lowest BCUT2D eigenvalue weighted by molar-refractivity contribution is -0.121. The fourth-order valence-electron chi connectivity index (χ4n) is 4.39. The van der Waals surface area contributed by atoms with Gasteiger partial charge in [-0.05, 0) is 19.3 Å². The summed E-state index contributed by atoms with van der Waals surface area (Å²) < 4.78 is 23.4. The first kappa shape index (κ1) is 32.0. The van der Waals surface area contributed by atoms with Crippen molar-refractivity contribution >= 4 is 32.7 Å². The molecule has 1 saturated heterocycles. The summed E-state index contributed by atoms with van der Waals surface area (Å²) >= 11 is 4.12. The van der Waals surface area contributed by atoms with Gasteiger partial charge in [0, 0.05) is 25.0 Å². The molecule has 1 fully saturated rings. The highest BCUT2D eigenvalue weighted by atomic mass is 32.7. The van der Waals surface area contributed by atoms with Crippen molar-refractivity contribution in [2.75, 3.05) is 19.8 Å². The minimum Gasteiger partial charge on any atom is -0.394 e. The molecule has 4 atom stereocenters. The quantitative estimate of drug-likeness (QED) is 0.0714. The monoisotopic (exact) mass is 520 g/mol. The molecule has 0 aromatic heterocycles. The van der Waals surface area contributed by atoms with Crippen LogP contribution in [0.3, 0.4) is 0 Å². The number of aliphatic hydroxyl groups is 1. The van der Waals surface area contributed by atoms with Gasteiger partial charge in [-0.25, -0.2) is 5.09 Å². The van der Waals surface area contributed by atoms with Crippen LogP contribution in [0.25, 0.3) is 0 Å². The SMILES string of the molecule is B[C@H]1CC(NP(=O)(S)OCCCNC(=O)CCCCCCCCCCCCCCC)[C@@H](CO)O1. The second-order valence-electron chi connectivity index (χ2n) is 9.69. The van der Waals surface area contributed by atoms with E-state index in [0.717, 1.165) is 12.8 Å². The Hall–Kier alpha value is -0.0451. The van der Waals surface area contributed by atoms with Crippen molar-refractivity contribution in [3.63, 3.8) is 0 Å².